The minimum atomic E-state index is 0.469. The largest absolute Gasteiger partial charge is 0.384 e. The van der Waals surface area contributed by atoms with Gasteiger partial charge in [0.25, 0.3) is 0 Å². The molecule has 0 aliphatic rings. The molecule has 0 aliphatic carbocycles. The van der Waals surface area contributed by atoms with Gasteiger partial charge in [0, 0.05) is 30.9 Å². The zero-order valence-corrected chi connectivity index (χ0v) is 14.1. The number of hydrogen-bond acceptors (Lipinski definition) is 2. The first-order chi connectivity index (χ1) is 10.1. The molecule has 2 rings (SSSR count). The lowest BCUT2D eigenvalue weighted by Crippen LogP contribution is -1.98. The molecule has 1 aromatic heterocycles. The number of imidazole rings is 1. The van der Waals surface area contributed by atoms with Crippen molar-refractivity contribution in [3.63, 3.8) is 0 Å². The summed E-state index contributed by atoms with van der Waals surface area (Å²) in [6.45, 7) is 4.84. The molecular weight excluding hydrogens is 307 g/mol. The Kier molecular flexibility index (Phi) is 5.68. The number of hydrogen-bond donors (Lipinski definition) is 0. The standard InChI is InChI=1S/C16H20Cl2N2O/c1-4-11-7-6-8-12(5-2)14(11)16-19-13(9-10-21-3)15(17)20(16)18/h6-8H,4-5,9-10H2,1-3H3. The zero-order chi connectivity index (χ0) is 15.4. The third-order valence-electron chi connectivity index (χ3n) is 3.60. The maximum atomic E-state index is 6.37. The van der Waals surface area contributed by atoms with Crippen molar-refractivity contribution >= 4 is 23.4 Å². The van der Waals surface area contributed by atoms with Gasteiger partial charge < -0.3 is 4.74 Å². The summed E-state index contributed by atoms with van der Waals surface area (Å²) in [5.41, 5.74) is 4.34. The zero-order valence-electron chi connectivity index (χ0n) is 12.6. The number of nitrogens with zero attached hydrogens (tertiary/aromatic N) is 2. The molecule has 0 unspecified atom stereocenters. The predicted molar refractivity (Wildman–Crippen MR) is 88.3 cm³/mol. The van der Waals surface area contributed by atoms with E-state index in [-0.39, 0.29) is 0 Å². The summed E-state index contributed by atoms with van der Waals surface area (Å²) in [4.78, 5) is 4.65. The molecule has 114 valence electrons. The van der Waals surface area contributed by atoms with Crippen molar-refractivity contribution in [3.05, 3.63) is 40.2 Å². The molecule has 0 N–H and O–H groups in total. The molecule has 0 amide bonds. The van der Waals surface area contributed by atoms with E-state index in [2.05, 4.69) is 37.0 Å². The number of rotatable bonds is 6. The number of benzene rings is 1. The molecule has 21 heavy (non-hydrogen) atoms. The van der Waals surface area contributed by atoms with Gasteiger partial charge in [-0.3, -0.25) is 0 Å². The highest BCUT2D eigenvalue weighted by Gasteiger charge is 2.19. The Morgan fingerprint density at radius 1 is 1.19 bits per heavy atom. The van der Waals surface area contributed by atoms with Crippen molar-refractivity contribution in [2.45, 2.75) is 33.1 Å². The fourth-order valence-corrected chi connectivity index (χ4v) is 2.90. The Balaban J connectivity index is 2.56. The van der Waals surface area contributed by atoms with Crippen LogP contribution in [0, 0.1) is 0 Å². The van der Waals surface area contributed by atoms with Crippen molar-refractivity contribution in [2.24, 2.45) is 0 Å². The molecule has 5 heteroatoms. The highest BCUT2D eigenvalue weighted by atomic mass is 35.5. The van der Waals surface area contributed by atoms with Gasteiger partial charge in [0.2, 0.25) is 0 Å². The molecule has 2 aromatic rings. The summed E-state index contributed by atoms with van der Waals surface area (Å²) in [6.07, 6.45) is 2.51. The van der Waals surface area contributed by atoms with Gasteiger partial charge in [-0.15, -0.1) is 0 Å². The molecule has 3 nitrogen and oxygen atoms in total. The molecule has 0 fully saturated rings. The normalized spacial score (nSPS) is 11.1. The summed E-state index contributed by atoms with van der Waals surface area (Å²) >= 11 is 12.7. The lowest BCUT2D eigenvalue weighted by atomic mass is 9.97. The van der Waals surface area contributed by atoms with Crippen LogP contribution in [-0.4, -0.2) is 22.8 Å². The minimum absolute atomic E-state index is 0.469. The van der Waals surface area contributed by atoms with Crippen molar-refractivity contribution in [1.29, 1.82) is 0 Å². The first-order valence-electron chi connectivity index (χ1n) is 7.17. The molecule has 0 saturated heterocycles. The van der Waals surface area contributed by atoms with E-state index in [0.717, 1.165) is 29.9 Å². The molecular formula is C16H20Cl2N2O. The summed E-state index contributed by atoms with van der Waals surface area (Å²) in [5.74, 6) is 0.724. The number of halogens is 2. The van der Waals surface area contributed by atoms with E-state index in [0.29, 0.717) is 18.2 Å². The van der Waals surface area contributed by atoms with Gasteiger partial charge in [-0.2, -0.15) is 0 Å². The van der Waals surface area contributed by atoms with Crippen LogP contribution in [0.5, 0.6) is 0 Å². The lowest BCUT2D eigenvalue weighted by Gasteiger charge is -2.11. The second-order valence-corrected chi connectivity index (χ2v) is 5.55. The van der Waals surface area contributed by atoms with Crippen LogP contribution in [0.15, 0.2) is 18.2 Å². The molecule has 0 atom stereocenters. The monoisotopic (exact) mass is 326 g/mol. The van der Waals surface area contributed by atoms with Crippen LogP contribution >= 0.6 is 23.4 Å². The quantitative estimate of drug-likeness (QED) is 0.780. The van der Waals surface area contributed by atoms with E-state index in [9.17, 15) is 0 Å². The van der Waals surface area contributed by atoms with Gasteiger partial charge in [-0.25, -0.2) is 9.07 Å². The van der Waals surface area contributed by atoms with Crippen LogP contribution in [0.1, 0.15) is 30.7 Å². The Morgan fingerprint density at radius 3 is 2.33 bits per heavy atom. The molecule has 0 spiro atoms. The fourth-order valence-electron chi connectivity index (χ4n) is 2.47. The minimum Gasteiger partial charge on any atom is -0.384 e. The summed E-state index contributed by atoms with van der Waals surface area (Å²) < 4.78 is 6.55. The smallest absolute Gasteiger partial charge is 0.156 e. The highest BCUT2D eigenvalue weighted by molar-refractivity contribution is 6.34. The van der Waals surface area contributed by atoms with Gasteiger partial charge in [-0.05, 0) is 24.0 Å². The van der Waals surface area contributed by atoms with Gasteiger partial charge in [0.05, 0.1) is 12.3 Å². The van der Waals surface area contributed by atoms with Crippen LogP contribution in [0.2, 0.25) is 5.15 Å². The molecule has 1 heterocycles. The lowest BCUT2D eigenvalue weighted by molar-refractivity contribution is 0.201. The molecule has 1 aromatic carbocycles. The van der Waals surface area contributed by atoms with Crippen molar-refractivity contribution in [2.75, 3.05) is 13.7 Å². The summed E-state index contributed by atoms with van der Waals surface area (Å²) in [5, 5.41) is 0.469. The second kappa shape index (κ2) is 7.30. The first-order valence-corrected chi connectivity index (χ1v) is 7.88. The number of ether oxygens (including phenoxy) is 1. The van der Waals surface area contributed by atoms with Crippen LogP contribution in [0.3, 0.4) is 0 Å². The maximum absolute atomic E-state index is 6.37. The second-order valence-electron chi connectivity index (χ2n) is 4.85. The van der Waals surface area contributed by atoms with Gasteiger partial charge in [0.1, 0.15) is 5.15 Å². The van der Waals surface area contributed by atoms with Gasteiger partial charge in [-0.1, -0.05) is 43.6 Å². The molecule has 0 aliphatic heterocycles. The Bertz CT molecular complexity index is 601. The van der Waals surface area contributed by atoms with E-state index in [1.165, 1.54) is 15.2 Å². The van der Waals surface area contributed by atoms with E-state index >= 15 is 0 Å². The van der Waals surface area contributed by atoms with E-state index in [1.54, 1.807) is 7.11 Å². The molecule has 0 radical (unpaired) electrons. The Hall–Kier alpha value is -1.03. The van der Waals surface area contributed by atoms with Gasteiger partial charge >= 0.3 is 0 Å². The highest BCUT2D eigenvalue weighted by Crippen LogP contribution is 2.33. The van der Waals surface area contributed by atoms with Crippen LogP contribution in [0.25, 0.3) is 11.4 Å². The fraction of sp³-hybridized carbons (Fsp3) is 0.438. The van der Waals surface area contributed by atoms with E-state index in [4.69, 9.17) is 28.1 Å². The summed E-state index contributed by atoms with van der Waals surface area (Å²) in [6, 6.07) is 6.31. The summed E-state index contributed by atoms with van der Waals surface area (Å²) in [7, 11) is 1.66. The first kappa shape index (κ1) is 16.3. The maximum Gasteiger partial charge on any atom is 0.156 e. The predicted octanol–water partition coefficient (Wildman–Crippen LogP) is 4.52. The topological polar surface area (TPSA) is 27.1 Å². The third-order valence-corrected chi connectivity index (χ3v) is 4.41. The number of aromatic nitrogens is 2. The number of methoxy groups -OCH3 is 1. The van der Waals surface area contributed by atoms with Crippen molar-refractivity contribution in [3.8, 4) is 11.4 Å². The van der Waals surface area contributed by atoms with Crippen LogP contribution in [-0.2, 0) is 24.0 Å². The average Bonchev–Trinajstić information content (AvgIpc) is 2.79. The average molecular weight is 327 g/mol. The van der Waals surface area contributed by atoms with Crippen LogP contribution in [0.4, 0.5) is 0 Å². The number of aryl methyl sites for hydroxylation is 2. The SMILES string of the molecule is CCc1cccc(CC)c1-c1nc(CCOC)c(Cl)n1Cl. The van der Waals surface area contributed by atoms with Crippen molar-refractivity contribution < 1.29 is 4.74 Å². The Morgan fingerprint density at radius 2 is 1.81 bits per heavy atom. The molecule has 0 saturated carbocycles. The van der Waals surface area contributed by atoms with Gasteiger partial charge in [0.15, 0.2) is 5.82 Å². The molecule has 0 bridgehead atoms. The Labute approximate surface area is 136 Å². The van der Waals surface area contributed by atoms with E-state index < -0.39 is 0 Å². The van der Waals surface area contributed by atoms with Crippen LogP contribution < -0.4 is 0 Å². The third kappa shape index (κ3) is 3.25. The van der Waals surface area contributed by atoms with E-state index in [1.807, 2.05) is 0 Å². The van der Waals surface area contributed by atoms with Crippen molar-refractivity contribution in [1.82, 2.24) is 9.07 Å².